The molecular weight excluding hydrogens is 412 g/mol. The fourth-order valence-corrected chi connectivity index (χ4v) is 6.76. The largest absolute Gasteiger partial charge is 0.497 e. The van der Waals surface area contributed by atoms with Crippen molar-refractivity contribution in [1.82, 2.24) is 0 Å². The van der Waals surface area contributed by atoms with Gasteiger partial charge in [0.05, 0.1) is 13.0 Å². The molecule has 1 aliphatic heterocycles. The highest BCUT2D eigenvalue weighted by Gasteiger charge is 2.32. The lowest BCUT2D eigenvalue weighted by Gasteiger charge is -2.29. The van der Waals surface area contributed by atoms with Gasteiger partial charge in [0.2, 0.25) is 0 Å². The maximum absolute atomic E-state index is 13.4. The number of hydrogen-bond donors (Lipinski definition) is 0. The van der Waals surface area contributed by atoms with Gasteiger partial charge in [-0.1, -0.05) is 68.5 Å². The Morgan fingerprint density at radius 2 is 1.56 bits per heavy atom. The molecule has 1 aliphatic carbocycles. The van der Waals surface area contributed by atoms with E-state index in [0.717, 1.165) is 21.8 Å². The molecule has 160 valence electrons. The van der Waals surface area contributed by atoms with Gasteiger partial charge in [0.15, 0.2) is 5.78 Å². The van der Waals surface area contributed by atoms with Gasteiger partial charge in [-0.05, 0) is 63.9 Å². The Bertz CT molecular complexity index is 1280. The molecule has 3 aromatic rings. The molecule has 2 atom stereocenters. The Kier molecular flexibility index (Phi) is 5.44. The molecule has 0 bridgehead atoms. The Labute approximate surface area is 192 Å². The number of ketones is 1. The summed E-state index contributed by atoms with van der Waals surface area (Å²) in [5.41, 5.74) is 4.43. The lowest BCUT2D eigenvalue weighted by molar-refractivity contribution is 0.0969. The van der Waals surface area contributed by atoms with E-state index < -0.39 is 0 Å². The van der Waals surface area contributed by atoms with E-state index >= 15 is 0 Å². The van der Waals surface area contributed by atoms with Crippen LogP contribution in [0.15, 0.2) is 101 Å². The van der Waals surface area contributed by atoms with Crippen LogP contribution >= 0.6 is 10.5 Å². The summed E-state index contributed by atoms with van der Waals surface area (Å²) in [7, 11) is 1.41. The summed E-state index contributed by atoms with van der Waals surface area (Å²) in [6.45, 7) is 4.35. The van der Waals surface area contributed by atoms with Crippen molar-refractivity contribution in [1.29, 1.82) is 0 Å². The van der Waals surface area contributed by atoms with Crippen LogP contribution in [-0.4, -0.2) is 17.8 Å². The van der Waals surface area contributed by atoms with Crippen LogP contribution in [0.4, 0.5) is 0 Å². The van der Waals surface area contributed by atoms with E-state index in [1.54, 1.807) is 7.11 Å². The Hall–Kier alpha value is -3.17. The molecule has 2 unspecified atom stereocenters. The number of ether oxygens (including phenoxy) is 1. The fourth-order valence-electron chi connectivity index (χ4n) is 4.34. The molecular formula is C29H26O2S. The lowest BCUT2D eigenvalue weighted by Crippen LogP contribution is -2.27. The molecule has 2 aliphatic rings. The second-order valence-corrected chi connectivity index (χ2v) is 10.5. The van der Waals surface area contributed by atoms with E-state index in [1.807, 2.05) is 24.3 Å². The third kappa shape index (κ3) is 3.57. The molecule has 0 amide bonds. The van der Waals surface area contributed by atoms with Gasteiger partial charge in [0.25, 0.3) is 0 Å². The van der Waals surface area contributed by atoms with E-state index in [9.17, 15) is 4.79 Å². The topological polar surface area (TPSA) is 26.3 Å². The lowest BCUT2D eigenvalue weighted by atomic mass is 9.89. The van der Waals surface area contributed by atoms with E-state index in [-0.39, 0.29) is 22.2 Å². The second-order valence-electron chi connectivity index (χ2n) is 8.46. The van der Waals surface area contributed by atoms with Gasteiger partial charge in [-0.3, -0.25) is 4.79 Å². The summed E-state index contributed by atoms with van der Waals surface area (Å²) >= 11 is 0. The maximum Gasteiger partial charge on any atom is 0.175 e. The van der Waals surface area contributed by atoms with Crippen LogP contribution in [0, 0.1) is 5.92 Å². The fraction of sp³-hybridized carbons (Fsp3) is 0.172. The summed E-state index contributed by atoms with van der Waals surface area (Å²) in [6, 6.07) is 23.4. The Morgan fingerprint density at radius 1 is 0.875 bits per heavy atom. The highest BCUT2D eigenvalue weighted by atomic mass is 32.2. The molecule has 0 N–H and O–H groups in total. The molecule has 0 radical (unpaired) electrons. The summed E-state index contributed by atoms with van der Waals surface area (Å²) < 4.78 is 5.28. The molecule has 0 aromatic heterocycles. The first-order chi connectivity index (χ1) is 15.6. The van der Waals surface area contributed by atoms with Crippen LogP contribution in [0.1, 0.15) is 35.7 Å². The van der Waals surface area contributed by atoms with Gasteiger partial charge in [-0.25, -0.2) is 0 Å². The first-order valence-corrected chi connectivity index (χ1v) is 12.2. The zero-order chi connectivity index (χ0) is 22.2. The number of methoxy groups -OCH3 is 1. The Morgan fingerprint density at radius 3 is 2.22 bits per heavy atom. The Balaban J connectivity index is 1.62. The first kappa shape index (κ1) is 20.7. The van der Waals surface area contributed by atoms with Gasteiger partial charge in [0, 0.05) is 15.4 Å². The maximum atomic E-state index is 13.4. The number of fused-ring (bicyclic) bond motifs is 2. The summed E-state index contributed by atoms with van der Waals surface area (Å²) in [6.07, 6.45) is 8.24. The van der Waals surface area contributed by atoms with Crippen LogP contribution < -0.4 is 4.74 Å². The molecule has 0 saturated heterocycles. The predicted molar refractivity (Wildman–Crippen MR) is 134 cm³/mol. The molecule has 0 fully saturated rings. The smallest absolute Gasteiger partial charge is 0.175 e. The number of allylic oxidation sites excluding steroid dienone is 4. The van der Waals surface area contributed by atoms with Crippen molar-refractivity contribution in [2.24, 2.45) is 5.92 Å². The number of hydrogen-bond acceptors (Lipinski definition) is 2. The number of benzene rings is 3. The highest BCUT2D eigenvalue weighted by Crippen LogP contribution is 2.47. The van der Waals surface area contributed by atoms with Crippen molar-refractivity contribution in [3.05, 3.63) is 102 Å². The molecule has 0 saturated carbocycles. The molecule has 2 nitrogen and oxygen atoms in total. The number of carbonyl (C=O) groups is 1. The SMILES string of the molecule is COc1ccc(-c2ccc(S3=C4C=CC=CC4C(=O)c4cc(C(C)C)ccc43)cc2)cc1. The van der Waals surface area contributed by atoms with Gasteiger partial charge in [-0.2, -0.15) is 0 Å². The van der Waals surface area contributed by atoms with Crippen molar-refractivity contribution in [2.75, 3.05) is 7.11 Å². The van der Waals surface area contributed by atoms with Gasteiger partial charge in [-0.15, -0.1) is 10.5 Å². The average molecular weight is 439 g/mol. The quantitative estimate of drug-likeness (QED) is 0.400. The monoisotopic (exact) mass is 438 g/mol. The highest BCUT2D eigenvalue weighted by molar-refractivity contribution is 8.16. The van der Waals surface area contributed by atoms with Crippen LogP contribution in [0.2, 0.25) is 0 Å². The van der Waals surface area contributed by atoms with Gasteiger partial charge >= 0.3 is 0 Å². The summed E-state index contributed by atoms with van der Waals surface area (Å²) in [5, 5.41) is 0. The molecule has 32 heavy (non-hydrogen) atoms. The minimum Gasteiger partial charge on any atom is -0.497 e. The minimum absolute atomic E-state index is 0.167. The van der Waals surface area contributed by atoms with E-state index in [1.165, 1.54) is 20.9 Å². The third-order valence-electron chi connectivity index (χ3n) is 6.17. The van der Waals surface area contributed by atoms with Crippen molar-refractivity contribution < 1.29 is 9.53 Å². The summed E-state index contributed by atoms with van der Waals surface area (Å²) in [5.74, 6) is 1.30. The van der Waals surface area contributed by atoms with Gasteiger partial charge < -0.3 is 4.74 Å². The van der Waals surface area contributed by atoms with Crippen molar-refractivity contribution >= 4 is 21.1 Å². The zero-order valence-electron chi connectivity index (χ0n) is 18.5. The summed E-state index contributed by atoms with van der Waals surface area (Å²) in [4.78, 5) is 17.0. The molecule has 5 rings (SSSR count). The normalized spacial score (nSPS) is 19.1. The van der Waals surface area contributed by atoms with Crippen molar-refractivity contribution in [3.63, 3.8) is 0 Å². The predicted octanol–water partition coefficient (Wildman–Crippen LogP) is 7.28. The van der Waals surface area contributed by atoms with Crippen molar-refractivity contribution in [2.45, 2.75) is 29.6 Å². The van der Waals surface area contributed by atoms with Crippen LogP contribution in [0.3, 0.4) is 0 Å². The number of rotatable bonds is 4. The average Bonchev–Trinajstić information content (AvgIpc) is 2.84. The molecule has 3 heteroatoms. The van der Waals surface area contributed by atoms with Crippen LogP contribution in [-0.2, 0) is 0 Å². The molecule has 1 heterocycles. The first-order valence-electron chi connectivity index (χ1n) is 11.0. The van der Waals surface area contributed by atoms with E-state index in [4.69, 9.17) is 4.74 Å². The zero-order valence-corrected chi connectivity index (χ0v) is 19.4. The standard InChI is InChI=1S/C29H26O2S/c1-19(2)22-12-17-28-26(18-22)29(30)25-6-4-5-7-27(25)32(28)24-15-10-21(11-16-24)20-8-13-23(31-3)14-9-20/h4-19,25H,1-3H3. The molecule has 0 spiro atoms. The minimum atomic E-state index is -0.274. The number of Topliss-reactive ketones (excluding diaryl/α,β-unsaturated/α-hetero) is 1. The number of carbonyl (C=O) groups excluding carboxylic acids is 1. The van der Waals surface area contributed by atoms with Gasteiger partial charge in [0.1, 0.15) is 5.75 Å². The third-order valence-corrected chi connectivity index (χ3v) is 8.57. The van der Waals surface area contributed by atoms with E-state index in [2.05, 4.69) is 80.6 Å². The van der Waals surface area contributed by atoms with Crippen LogP contribution in [0.5, 0.6) is 5.75 Å². The molecule has 3 aromatic carbocycles. The van der Waals surface area contributed by atoms with Crippen LogP contribution in [0.25, 0.3) is 11.1 Å². The van der Waals surface area contributed by atoms with E-state index in [0.29, 0.717) is 5.92 Å². The second kappa shape index (κ2) is 8.40. The van der Waals surface area contributed by atoms with Crippen molar-refractivity contribution in [3.8, 4) is 16.9 Å².